The second kappa shape index (κ2) is 2.74. The van der Waals surface area contributed by atoms with Crippen LogP contribution in [0, 0.1) is 6.92 Å². The summed E-state index contributed by atoms with van der Waals surface area (Å²) in [5.41, 5.74) is 2.12. The van der Waals surface area contributed by atoms with Crippen LogP contribution in [0.3, 0.4) is 0 Å². The summed E-state index contributed by atoms with van der Waals surface area (Å²) in [5.74, 6) is 0. The van der Waals surface area contributed by atoms with Crippen molar-refractivity contribution < 1.29 is 0 Å². The number of piperazine rings is 1. The van der Waals surface area contributed by atoms with E-state index in [2.05, 4.69) is 20.6 Å². The van der Waals surface area contributed by atoms with Gasteiger partial charge in [-0.15, -0.1) is 0 Å². The van der Waals surface area contributed by atoms with Crippen molar-refractivity contribution in [2.24, 2.45) is 0 Å². The maximum atomic E-state index is 4.46. The number of hydrogen-bond acceptors (Lipinski definition) is 4. The number of nitrogens with one attached hydrogen (secondary N) is 2. The predicted octanol–water partition coefficient (Wildman–Crippen LogP) is -0.0546. The molecular formula is C10H14N4. The molecule has 4 nitrogen and oxygen atoms in total. The van der Waals surface area contributed by atoms with Crippen LogP contribution in [-0.4, -0.2) is 29.1 Å². The Morgan fingerprint density at radius 1 is 1.43 bits per heavy atom. The lowest BCUT2D eigenvalue weighted by Gasteiger charge is -2.26. The highest BCUT2D eigenvalue weighted by Gasteiger charge is 2.46. The molecule has 1 aromatic heterocycles. The average Bonchev–Trinajstić information content (AvgIpc) is 2.79. The van der Waals surface area contributed by atoms with Gasteiger partial charge in [-0.2, -0.15) is 0 Å². The summed E-state index contributed by atoms with van der Waals surface area (Å²) in [7, 11) is 0. The molecule has 1 unspecified atom stereocenters. The van der Waals surface area contributed by atoms with Crippen molar-refractivity contribution in [3.05, 3.63) is 23.8 Å². The Labute approximate surface area is 83.1 Å². The van der Waals surface area contributed by atoms with E-state index in [-0.39, 0.29) is 5.54 Å². The summed E-state index contributed by atoms with van der Waals surface area (Å²) >= 11 is 0. The standard InChI is InChI=1S/C10H14N4/c1-7-3-12-9(5-11-7)10-2-8(4-14-10)13-6-10/h3,5,8,13-14H,2,4,6H2,1H3/t8?,10-/m1/s1. The van der Waals surface area contributed by atoms with Crippen molar-refractivity contribution in [2.45, 2.75) is 24.9 Å². The van der Waals surface area contributed by atoms with Crippen molar-refractivity contribution in [1.29, 1.82) is 0 Å². The van der Waals surface area contributed by atoms with Crippen LogP contribution >= 0.6 is 0 Å². The lowest BCUT2D eigenvalue weighted by atomic mass is 9.96. The fourth-order valence-corrected chi connectivity index (χ4v) is 2.41. The zero-order valence-electron chi connectivity index (χ0n) is 8.25. The lowest BCUT2D eigenvalue weighted by molar-refractivity contribution is 0.381. The molecule has 2 bridgehead atoms. The maximum absolute atomic E-state index is 4.46. The molecule has 74 valence electrons. The Morgan fingerprint density at radius 2 is 2.36 bits per heavy atom. The maximum Gasteiger partial charge on any atom is 0.0801 e. The highest BCUT2D eigenvalue weighted by Crippen LogP contribution is 2.33. The Bertz CT molecular complexity index is 338. The van der Waals surface area contributed by atoms with E-state index in [1.165, 1.54) is 0 Å². The third kappa shape index (κ3) is 1.07. The normalized spacial score (nSPS) is 35.1. The van der Waals surface area contributed by atoms with Crippen LogP contribution in [-0.2, 0) is 5.54 Å². The molecule has 2 saturated heterocycles. The minimum Gasteiger partial charge on any atom is -0.310 e. The topological polar surface area (TPSA) is 49.8 Å². The fourth-order valence-electron chi connectivity index (χ4n) is 2.41. The number of hydrogen-bond donors (Lipinski definition) is 2. The van der Waals surface area contributed by atoms with E-state index in [1.807, 2.05) is 19.3 Å². The van der Waals surface area contributed by atoms with Gasteiger partial charge in [-0.1, -0.05) is 0 Å². The van der Waals surface area contributed by atoms with E-state index >= 15 is 0 Å². The van der Waals surface area contributed by atoms with Gasteiger partial charge in [0.1, 0.15) is 0 Å². The fraction of sp³-hybridized carbons (Fsp3) is 0.600. The quantitative estimate of drug-likeness (QED) is 0.651. The molecule has 0 saturated carbocycles. The van der Waals surface area contributed by atoms with Crippen LogP contribution in [0.4, 0.5) is 0 Å². The highest BCUT2D eigenvalue weighted by molar-refractivity contribution is 5.21. The number of nitrogens with zero attached hydrogens (tertiary/aromatic N) is 2. The first-order chi connectivity index (χ1) is 6.78. The van der Waals surface area contributed by atoms with Crippen molar-refractivity contribution >= 4 is 0 Å². The molecule has 0 spiro atoms. The van der Waals surface area contributed by atoms with E-state index in [9.17, 15) is 0 Å². The Hall–Kier alpha value is -1.00. The predicted molar refractivity (Wildman–Crippen MR) is 52.9 cm³/mol. The molecule has 2 aliphatic rings. The largest absolute Gasteiger partial charge is 0.310 e. The van der Waals surface area contributed by atoms with Crippen LogP contribution in [0.1, 0.15) is 17.8 Å². The van der Waals surface area contributed by atoms with Crippen LogP contribution in [0.2, 0.25) is 0 Å². The highest BCUT2D eigenvalue weighted by atomic mass is 15.2. The van der Waals surface area contributed by atoms with Gasteiger partial charge in [0.2, 0.25) is 0 Å². The minimum absolute atomic E-state index is 0.0609. The molecule has 0 amide bonds. The zero-order valence-corrected chi connectivity index (χ0v) is 8.25. The average molecular weight is 190 g/mol. The third-order valence-corrected chi connectivity index (χ3v) is 3.25. The van der Waals surface area contributed by atoms with Gasteiger partial charge in [-0.05, 0) is 13.3 Å². The summed E-state index contributed by atoms with van der Waals surface area (Å²) in [6, 6.07) is 0.623. The van der Waals surface area contributed by atoms with Crippen molar-refractivity contribution in [1.82, 2.24) is 20.6 Å². The summed E-state index contributed by atoms with van der Waals surface area (Å²) in [4.78, 5) is 8.77. The van der Waals surface area contributed by atoms with Crippen molar-refractivity contribution in [3.8, 4) is 0 Å². The van der Waals surface area contributed by atoms with E-state index in [0.29, 0.717) is 6.04 Å². The van der Waals surface area contributed by atoms with E-state index in [0.717, 1.165) is 30.9 Å². The van der Waals surface area contributed by atoms with E-state index in [4.69, 9.17) is 0 Å². The lowest BCUT2D eigenvalue weighted by Crippen LogP contribution is -2.48. The molecule has 2 atom stereocenters. The zero-order chi connectivity index (χ0) is 9.60. The molecule has 2 fully saturated rings. The third-order valence-electron chi connectivity index (χ3n) is 3.25. The Morgan fingerprint density at radius 3 is 2.86 bits per heavy atom. The van der Waals surface area contributed by atoms with E-state index in [1.54, 1.807) is 0 Å². The Balaban J connectivity index is 1.98. The number of fused-ring (bicyclic) bond motifs is 2. The van der Waals surface area contributed by atoms with Crippen LogP contribution in [0.5, 0.6) is 0 Å². The minimum atomic E-state index is 0.0609. The molecule has 3 rings (SSSR count). The molecule has 14 heavy (non-hydrogen) atoms. The van der Waals surface area contributed by atoms with Crippen LogP contribution in [0.15, 0.2) is 12.4 Å². The molecule has 1 aromatic rings. The molecular weight excluding hydrogens is 176 g/mol. The second-order valence-electron chi connectivity index (χ2n) is 4.29. The van der Waals surface area contributed by atoms with Gasteiger partial charge in [0.05, 0.1) is 23.1 Å². The van der Waals surface area contributed by atoms with Gasteiger partial charge in [-0.3, -0.25) is 9.97 Å². The monoisotopic (exact) mass is 190 g/mol. The van der Waals surface area contributed by atoms with Crippen molar-refractivity contribution in [3.63, 3.8) is 0 Å². The smallest absolute Gasteiger partial charge is 0.0801 e. The first-order valence-electron chi connectivity index (χ1n) is 5.06. The number of aromatic nitrogens is 2. The molecule has 3 heterocycles. The SMILES string of the molecule is Cc1cnc([C@@]23CNC(CN2)C3)cn1. The molecule has 0 aromatic carbocycles. The van der Waals surface area contributed by atoms with Gasteiger partial charge in [0.25, 0.3) is 0 Å². The molecule has 4 heteroatoms. The summed E-state index contributed by atoms with van der Waals surface area (Å²) in [5, 5.41) is 7.02. The van der Waals surface area contributed by atoms with Gasteiger partial charge >= 0.3 is 0 Å². The molecule has 0 radical (unpaired) electrons. The summed E-state index contributed by atoms with van der Waals surface area (Å²) in [6.45, 7) is 4.00. The van der Waals surface area contributed by atoms with Gasteiger partial charge < -0.3 is 10.6 Å². The Kier molecular flexibility index (Phi) is 1.63. The molecule has 0 aliphatic carbocycles. The first kappa shape index (κ1) is 8.32. The first-order valence-corrected chi connectivity index (χ1v) is 5.06. The molecule has 2 N–H and O–H groups in total. The molecule has 2 aliphatic heterocycles. The summed E-state index contributed by atoms with van der Waals surface area (Å²) < 4.78 is 0. The van der Waals surface area contributed by atoms with Gasteiger partial charge in [0, 0.05) is 25.3 Å². The number of rotatable bonds is 1. The number of aryl methyl sites for hydroxylation is 1. The summed E-state index contributed by atoms with van der Waals surface area (Å²) in [6.07, 6.45) is 4.89. The van der Waals surface area contributed by atoms with Gasteiger partial charge in [-0.25, -0.2) is 0 Å². The van der Waals surface area contributed by atoms with Crippen molar-refractivity contribution in [2.75, 3.05) is 13.1 Å². The van der Waals surface area contributed by atoms with E-state index < -0.39 is 0 Å². The second-order valence-corrected chi connectivity index (χ2v) is 4.29. The van der Waals surface area contributed by atoms with Crippen LogP contribution < -0.4 is 10.6 Å². The van der Waals surface area contributed by atoms with Crippen LogP contribution in [0.25, 0.3) is 0 Å². The van der Waals surface area contributed by atoms with Gasteiger partial charge in [0.15, 0.2) is 0 Å².